The zero-order valence-corrected chi connectivity index (χ0v) is 14.5. The van der Waals surface area contributed by atoms with Crippen molar-refractivity contribution in [1.82, 2.24) is 9.32 Å². The van der Waals surface area contributed by atoms with E-state index in [4.69, 9.17) is 0 Å². The van der Waals surface area contributed by atoms with Gasteiger partial charge in [-0.05, 0) is 24.3 Å². The Bertz CT molecular complexity index is 968. The van der Waals surface area contributed by atoms with E-state index in [0.717, 1.165) is 16.2 Å². The number of benzene rings is 3. The zero-order chi connectivity index (χ0) is 17.1. The summed E-state index contributed by atoms with van der Waals surface area (Å²) < 4.78 is 16.2. The van der Waals surface area contributed by atoms with Crippen LogP contribution < -0.4 is 10.6 Å². The molecular formula is C21H17N2OP. The predicted molar refractivity (Wildman–Crippen MR) is 103 cm³/mol. The molecule has 0 radical (unpaired) electrons. The summed E-state index contributed by atoms with van der Waals surface area (Å²) in [5, 5.41) is 1.58. The van der Waals surface area contributed by atoms with Crippen molar-refractivity contribution < 1.29 is 4.57 Å². The van der Waals surface area contributed by atoms with E-state index in [2.05, 4.69) is 4.98 Å². The molecule has 0 saturated heterocycles. The Labute approximate surface area is 147 Å². The fourth-order valence-electron chi connectivity index (χ4n) is 2.98. The van der Waals surface area contributed by atoms with E-state index in [0.29, 0.717) is 5.82 Å². The minimum Gasteiger partial charge on any atom is -0.289 e. The van der Waals surface area contributed by atoms with Gasteiger partial charge in [0.2, 0.25) is 7.29 Å². The maximum absolute atomic E-state index is 14.4. The summed E-state index contributed by atoms with van der Waals surface area (Å²) in [6.07, 6.45) is 3.52. The van der Waals surface area contributed by atoms with E-state index in [9.17, 15) is 4.57 Å². The average Bonchev–Trinajstić information content (AvgIpc) is 3.20. The monoisotopic (exact) mass is 344 g/mol. The molecule has 0 N–H and O–H groups in total. The average molecular weight is 344 g/mol. The van der Waals surface area contributed by atoms with Crippen molar-refractivity contribution in [2.24, 2.45) is 0 Å². The molecular weight excluding hydrogens is 327 g/mol. The van der Waals surface area contributed by atoms with Gasteiger partial charge >= 0.3 is 0 Å². The van der Waals surface area contributed by atoms with Crippen LogP contribution in [0.5, 0.6) is 0 Å². The molecule has 25 heavy (non-hydrogen) atoms. The van der Waals surface area contributed by atoms with Crippen LogP contribution in [0.3, 0.4) is 0 Å². The Morgan fingerprint density at radius 1 is 0.680 bits per heavy atom. The van der Waals surface area contributed by atoms with Crippen LogP contribution in [0.15, 0.2) is 103 Å². The third-order valence-electron chi connectivity index (χ3n) is 4.17. The Morgan fingerprint density at radius 3 is 1.68 bits per heavy atom. The second-order valence-electron chi connectivity index (χ2n) is 5.71. The van der Waals surface area contributed by atoms with Crippen molar-refractivity contribution in [3.63, 3.8) is 0 Å². The quantitative estimate of drug-likeness (QED) is 0.517. The molecule has 0 aliphatic heterocycles. The summed E-state index contributed by atoms with van der Waals surface area (Å²) in [5.74, 6) is 0.705. The van der Waals surface area contributed by atoms with Crippen molar-refractivity contribution in [1.29, 1.82) is 0 Å². The first kappa shape index (κ1) is 15.6. The van der Waals surface area contributed by atoms with Crippen LogP contribution in [0.1, 0.15) is 0 Å². The van der Waals surface area contributed by atoms with E-state index < -0.39 is 7.29 Å². The van der Waals surface area contributed by atoms with E-state index >= 15 is 0 Å². The summed E-state index contributed by atoms with van der Waals surface area (Å²) in [4.78, 5) is 4.49. The molecule has 122 valence electrons. The van der Waals surface area contributed by atoms with Gasteiger partial charge in [-0.15, -0.1) is 0 Å². The van der Waals surface area contributed by atoms with Crippen LogP contribution in [-0.4, -0.2) is 9.32 Å². The summed E-state index contributed by atoms with van der Waals surface area (Å²) in [6.45, 7) is 0. The topological polar surface area (TPSA) is 34.9 Å². The van der Waals surface area contributed by atoms with Crippen molar-refractivity contribution in [2.45, 2.75) is 0 Å². The lowest BCUT2D eigenvalue weighted by Crippen LogP contribution is -2.21. The smallest absolute Gasteiger partial charge is 0.234 e. The summed E-state index contributed by atoms with van der Waals surface area (Å²) in [6, 6.07) is 29.1. The molecule has 1 aromatic heterocycles. The molecule has 0 aliphatic rings. The maximum atomic E-state index is 14.4. The molecule has 0 saturated carbocycles. The van der Waals surface area contributed by atoms with Gasteiger partial charge < -0.3 is 0 Å². The Balaban J connectivity index is 1.99. The van der Waals surface area contributed by atoms with Crippen LogP contribution in [-0.2, 0) is 4.57 Å². The lowest BCUT2D eigenvalue weighted by atomic mass is 10.2. The predicted octanol–water partition coefficient (Wildman–Crippen LogP) is 4.33. The van der Waals surface area contributed by atoms with Crippen LogP contribution in [0.4, 0.5) is 0 Å². The summed E-state index contributed by atoms with van der Waals surface area (Å²) in [7, 11) is -3.08. The summed E-state index contributed by atoms with van der Waals surface area (Å²) in [5.41, 5.74) is 0.944. The maximum Gasteiger partial charge on any atom is 0.234 e. The lowest BCUT2D eigenvalue weighted by Gasteiger charge is -2.22. The molecule has 1 heterocycles. The van der Waals surface area contributed by atoms with Gasteiger partial charge in [-0.3, -0.25) is 8.90 Å². The van der Waals surface area contributed by atoms with Crippen molar-refractivity contribution in [3.8, 4) is 11.4 Å². The third kappa shape index (κ3) is 2.73. The standard InChI is InChI=1S/C21H17N2OP/c24-25(19-12-6-2-7-13-19,20-14-8-3-9-15-20)23-17-16-22-21(23)18-10-4-1-5-11-18/h1-17H. The van der Waals surface area contributed by atoms with Crippen LogP contribution in [0, 0.1) is 0 Å². The molecule has 3 nitrogen and oxygen atoms in total. The highest BCUT2D eigenvalue weighted by molar-refractivity contribution is 7.77. The van der Waals surface area contributed by atoms with Crippen LogP contribution in [0.25, 0.3) is 11.4 Å². The van der Waals surface area contributed by atoms with Gasteiger partial charge in [0.15, 0.2) is 0 Å². The Morgan fingerprint density at radius 2 is 1.16 bits per heavy atom. The molecule has 0 atom stereocenters. The van der Waals surface area contributed by atoms with Gasteiger partial charge in [-0.1, -0.05) is 66.7 Å². The van der Waals surface area contributed by atoms with Crippen molar-refractivity contribution in [2.75, 3.05) is 0 Å². The second-order valence-corrected chi connectivity index (χ2v) is 8.32. The van der Waals surface area contributed by atoms with E-state index in [1.165, 1.54) is 0 Å². The zero-order valence-electron chi connectivity index (χ0n) is 13.6. The van der Waals surface area contributed by atoms with Crippen molar-refractivity contribution in [3.05, 3.63) is 103 Å². The van der Waals surface area contributed by atoms with E-state index in [1.54, 1.807) is 6.20 Å². The van der Waals surface area contributed by atoms with Gasteiger partial charge in [-0.25, -0.2) is 4.98 Å². The molecule has 0 fully saturated rings. The highest BCUT2D eigenvalue weighted by Crippen LogP contribution is 2.47. The Kier molecular flexibility index (Phi) is 4.09. The highest BCUT2D eigenvalue weighted by atomic mass is 31.2. The second kappa shape index (κ2) is 6.54. The minimum atomic E-state index is -3.08. The number of rotatable bonds is 4. The fraction of sp³-hybridized carbons (Fsp3) is 0. The van der Waals surface area contributed by atoms with Crippen molar-refractivity contribution >= 4 is 17.9 Å². The third-order valence-corrected chi connectivity index (χ3v) is 7.10. The molecule has 0 unspecified atom stereocenters. The fourth-order valence-corrected chi connectivity index (χ4v) is 5.61. The SMILES string of the molecule is O=P(c1ccccc1)(c1ccccc1)n1ccnc1-c1ccccc1. The molecule has 0 bridgehead atoms. The molecule has 0 aliphatic carbocycles. The Hall–Kier alpha value is -2.90. The number of imidazole rings is 1. The first-order chi connectivity index (χ1) is 12.3. The molecule has 0 spiro atoms. The minimum absolute atomic E-state index is 0.705. The molecule has 4 heteroatoms. The normalized spacial score (nSPS) is 11.4. The van der Waals surface area contributed by atoms with Gasteiger partial charge in [0.25, 0.3) is 0 Å². The van der Waals surface area contributed by atoms with Gasteiger partial charge in [0.05, 0.1) is 0 Å². The van der Waals surface area contributed by atoms with Crippen LogP contribution in [0.2, 0.25) is 0 Å². The number of hydrogen-bond donors (Lipinski definition) is 0. The number of nitrogens with zero attached hydrogens (tertiary/aromatic N) is 2. The van der Waals surface area contributed by atoms with E-state index in [1.807, 2.05) is 102 Å². The van der Waals surface area contributed by atoms with Gasteiger partial charge in [0, 0.05) is 28.6 Å². The molecule has 4 rings (SSSR count). The van der Waals surface area contributed by atoms with Gasteiger partial charge in [0.1, 0.15) is 5.82 Å². The van der Waals surface area contributed by atoms with Gasteiger partial charge in [-0.2, -0.15) is 0 Å². The first-order valence-corrected chi connectivity index (χ1v) is 9.77. The first-order valence-electron chi connectivity index (χ1n) is 8.11. The number of aromatic nitrogens is 2. The lowest BCUT2D eigenvalue weighted by molar-refractivity contribution is 0.582. The van der Waals surface area contributed by atoms with Crippen LogP contribution >= 0.6 is 7.29 Å². The molecule has 0 amide bonds. The largest absolute Gasteiger partial charge is 0.289 e. The molecule has 3 aromatic carbocycles. The van der Waals surface area contributed by atoms with E-state index in [-0.39, 0.29) is 0 Å². The summed E-state index contributed by atoms with van der Waals surface area (Å²) >= 11 is 0. The highest BCUT2D eigenvalue weighted by Gasteiger charge is 2.31. The molecule has 4 aromatic rings. The number of hydrogen-bond acceptors (Lipinski definition) is 2.